The van der Waals surface area contributed by atoms with Crippen molar-refractivity contribution in [1.29, 1.82) is 0 Å². The van der Waals surface area contributed by atoms with Crippen molar-refractivity contribution in [3.8, 4) is 22.3 Å². The lowest BCUT2D eigenvalue weighted by molar-refractivity contribution is 0.0677. The number of carbonyl (C=O) groups is 4. The van der Waals surface area contributed by atoms with Gasteiger partial charge in [-0.25, -0.2) is 24.5 Å². The molecule has 0 radical (unpaired) electrons. The first-order valence-electron chi connectivity index (χ1n) is 24.8. The Kier molecular flexibility index (Phi) is 19.4. The van der Waals surface area contributed by atoms with Crippen LogP contribution in [-0.2, 0) is 21.1 Å². The highest BCUT2D eigenvalue weighted by Gasteiger charge is 2.34. The number of aromatic amines is 2. The standard InChI is InChI=1S/C11H10N2O2.C10H9N3O2.C10H9N.2C8H6N2O2.C6H6N4.C6H7N/c1-13-7-9(10(14)12-11(13)15)8-5-3-2-4-6-8;1-13-6-8(9(14)12-10(13)15)7-3-2-4-11-5-7;1-8-6-9-4-2-3-5-10(9)11-7-8;1-10-7(11)5-2-3-9-4-6(5)8(10)12;1-10-7(11)5-3-2-4-9-6(5)8(10)12;1-10-4-9-5-2-7-3-8-6(5)10;1-6-3-2-4-7-5-6/h2-7H,1H3,(H,12,14,15);2-6H,1H3,(H,12,14,15);2-7H,1H3;2*2-4H,1H3;2-4H,1H3;2-5H,1H3. The minimum absolute atomic E-state index is 0.252. The van der Waals surface area contributed by atoms with Crippen LogP contribution in [0.3, 0.4) is 0 Å². The smallest absolute Gasteiger partial charge is 0.318 e. The Morgan fingerprint density at radius 2 is 0.988 bits per heavy atom. The maximum Gasteiger partial charge on any atom is 0.328 e. The average Bonchev–Trinajstić information content (AvgIpc) is 4.29. The van der Waals surface area contributed by atoms with E-state index in [4.69, 9.17) is 0 Å². The van der Waals surface area contributed by atoms with Crippen molar-refractivity contribution >= 4 is 45.7 Å². The Balaban J connectivity index is 0.000000139. The molecule has 0 bridgehead atoms. The van der Waals surface area contributed by atoms with E-state index in [0.29, 0.717) is 33.4 Å². The molecule has 2 aliphatic rings. The van der Waals surface area contributed by atoms with Gasteiger partial charge in [0, 0.05) is 108 Å². The Hall–Kier alpha value is -11.4. The van der Waals surface area contributed by atoms with Crippen molar-refractivity contribution in [2.75, 3.05) is 14.1 Å². The zero-order valence-electron chi connectivity index (χ0n) is 45.4. The number of rotatable bonds is 2. The molecule has 0 unspecified atom stereocenters. The minimum atomic E-state index is -0.423. The molecular formula is C59H53N15O8. The number of pyridine rings is 5. The largest absolute Gasteiger partial charge is 0.328 e. The molecule has 9 aromatic heterocycles. The topological polar surface area (TPSA) is 293 Å². The molecule has 2 N–H and O–H groups in total. The van der Waals surface area contributed by atoms with Crippen molar-refractivity contribution in [1.82, 2.24) is 73.3 Å². The van der Waals surface area contributed by atoms with E-state index in [1.807, 2.05) is 91.6 Å². The number of hydrogen-bond donors (Lipinski definition) is 2. The third kappa shape index (κ3) is 14.6. The first kappa shape index (κ1) is 58.3. The highest BCUT2D eigenvalue weighted by molar-refractivity contribution is 6.21. The zero-order valence-corrected chi connectivity index (χ0v) is 45.4. The van der Waals surface area contributed by atoms with E-state index in [2.05, 4.69) is 68.9 Å². The Labute approximate surface area is 467 Å². The van der Waals surface area contributed by atoms with E-state index < -0.39 is 16.9 Å². The molecule has 2 aliphatic heterocycles. The monoisotopic (exact) mass is 1100 g/mol. The molecular weight excluding hydrogens is 1050 g/mol. The van der Waals surface area contributed by atoms with Gasteiger partial charge >= 0.3 is 11.4 Å². The second-order valence-electron chi connectivity index (χ2n) is 17.9. The Bertz CT molecular complexity index is 4040. The van der Waals surface area contributed by atoms with E-state index in [1.54, 1.807) is 75.5 Å². The summed E-state index contributed by atoms with van der Waals surface area (Å²) in [5.41, 5.74) is 7.52. The molecule has 82 heavy (non-hydrogen) atoms. The fraction of sp³-hybridized carbons (Fsp3) is 0.119. The predicted molar refractivity (Wildman–Crippen MR) is 306 cm³/mol. The summed E-state index contributed by atoms with van der Waals surface area (Å²) in [6.45, 7) is 4.08. The molecule has 4 amide bonds. The third-order valence-corrected chi connectivity index (χ3v) is 11.9. The molecule has 2 aromatic carbocycles. The molecule has 11 aromatic rings. The van der Waals surface area contributed by atoms with Gasteiger partial charge in [-0.1, -0.05) is 60.7 Å². The number of para-hydroxylation sites is 1. The van der Waals surface area contributed by atoms with Gasteiger partial charge in [0.05, 0.1) is 45.9 Å². The third-order valence-electron chi connectivity index (χ3n) is 11.9. The molecule has 0 saturated heterocycles. The molecule has 0 aliphatic carbocycles. The van der Waals surface area contributed by atoms with Gasteiger partial charge in [0.15, 0.2) is 5.65 Å². The summed E-state index contributed by atoms with van der Waals surface area (Å²) in [4.78, 5) is 129. The summed E-state index contributed by atoms with van der Waals surface area (Å²) in [6, 6.07) is 31.8. The van der Waals surface area contributed by atoms with E-state index in [9.17, 15) is 38.4 Å². The summed E-state index contributed by atoms with van der Waals surface area (Å²) in [5.74, 6) is -1.13. The van der Waals surface area contributed by atoms with E-state index in [0.717, 1.165) is 32.0 Å². The molecule has 0 saturated carbocycles. The van der Waals surface area contributed by atoms with Gasteiger partial charge in [-0.05, 0) is 73.0 Å². The van der Waals surface area contributed by atoms with Crippen LogP contribution in [0.15, 0.2) is 203 Å². The summed E-state index contributed by atoms with van der Waals surface area (Å²) in [7, 11) is 8.00. The number of aryl methyl sites for hydroxylation is 5. The van der Waals surface area contributed by atoms with Gasteiger partial charge in [0.25, 0.3) is 34.7 Å². The lowest BCUT2D eigenvalue weighted by atomic mass is 10.1. The molecule has 11 heterocycles. The highest BCUT2D eigenvalue weighted by Crippen LogP contribution is 2.20. The average molecular weight is 1100 g/mol. The number of aromatic nitrogens is 13. The molecule has 13 rings (SSSR count). The van der Waals surface area contributed by atoms with E-state index in [1.165, 1.54) is 77.1 Å². The SMILES string of the molecule is CN1C(=O)c2cccnc2C1=O.CN1C(=O)c2ccncc2C1=O.Cc1cccnc1.Cc1cnc2ccccc2c1.Cn1cc(-c2ccccc2)c(=O)[nH]c1=O.Cn1cc(-c2cccnc2)c(=O)[nH]c1=O.Cn1cnc2cncnc21. The quantitative estimate of drug-likeness (QED) is 0.194. The van der Waals surface area contributed by atoms with Gasteiger partial charge < -0.3 is 13.7 Å². The number of fused-ring (bicyclic) bond motifs is 4. The summed E-state index contributed by atoms with van der Waals surface area (Å²) >= 11 is 0. The van der Waals surface area contributed by atoms with Gasteiger partial charge in [-0.15, -0.1) is 0 Å². The number of nitrogens with one attached hydrogen (secondary N) is 2. The lowest BCUT2D eigenvalue weighted by Crippen LogP contribution is -2.28. The fourth-order valence-electron chi connectivity index (χ4n) is 7.57. The number of H-pyrrole nitrogens is 2. The number of nitrogens with zero attached hydrogens (tertiary/aromatic N) is 13. The predicted octanol–water partition coefficient (Wildman–Crippen LogP) is 5.79. The van der Waals surface area contributed by atoms with Gasteiger partial charge in [0.2, 0.25) is 0 Å². The van der Waals surface area contributed by atoms with Crippen LogP contribution in [0, 0.1) is 13.8 Å². The lowest BCUT2D eigenvalue weighted by Gasteiger charge is -2.02. The van der Waals surface area contributed by atoms with Crippen LogP contribution in [0.4, 0.5) is 0 Å². The number of hydrogen-bond acceptors (Lipinski definition) is 16. The van der Waals surface area contributed by atoms with Crippen molar-refractivity contribution in [2.45, 2.75) is 13.8 Å². The summed E-state index contributed by atoms with van der Waals surface area (Å²) < 4.78 is 4.53. The van der Waals surface area contributed by atoms with Crippen LogP contribution in [0.1, 0.15) is 52.7 Å². The van der Waals surface area contributed by atoms with Crippen LogP contribution in [0.2, 0.25) is 0 Å². The number of benzene rings is 2. The number of carbonyl (C=O) groups excluding carboxylic acids is 4. The van der Waals surface area contributed by atoms with Crippen LogP contribution in [0.25, 0.3) is 44.3 Å². The first-order chi connectivity index (χ1) is 39.4. The van der Waals surface area contributed by atoms with Gasteiger partial charge in [-0.3, -0.25) is 73.5 Å². The Morgan fingerprint density at radius 3 is 1.60 bits per heavy atom. The Morgan fingerprint density at radius 1 is 0.402 bits per heavy atom. The maximum absolute atomic E-state index is 11.5. The van der Waals surface area contributed by atoms with Crippen LogP contribution in [-0.4, -0.2) is 111 Å². The summed E-state index contributed by atoms with van der Waals surface area (Å²) in [5, 5.41) is 1.22. The molecule has 23 nitrogen and oxygen atoms in total. The van der Waals surface area contributed by atoms with Crippen molar-refractivity contribution in [3.63, 3.8) is 0 Å². The maximum atomic E-state index is 11.5. The highest BCUT2D eigenvalue weighted by atomic mass is 16.2. The minimum Gasteiger partial charge on any atom is -0.318 e. The first-order valence-corrected chi connectivity index (χ1v) is 24.8. The summed E-state index contributed by atoms with van der Waals surface area (Å²) in [6.07, 6.45) is 21.1. The molecule has 412 valence electrons. The van der Waals surface area contributed by atoms with Crippen LogP contribution >= 0.6 is 0 Å². The van der Waals surface area contributed by atoms with Crippen LogP contribution < -0.4 is 22.5 Å². The zero-order chi connectivity index (χ0) is 58.9. The number of imidazole rings is 1. The van der Waals surface area contributed by atoms with Crippen molar-refractivity contribution < 1.29 is 19.2 Å². The second kappa shape index (κ2) is 27.3. The van der Waals surface area contributed by atoms with Gasteiger partial charge in [-0.2, -0.15) is 0 Å². The molecule has 0 atom stereocenters. The molecule has 0 spiro atoms. The van der Waals surface area contributed by atoms with Crippen molar-refractivity contribution in [2.24, 2.45) is 21.1 Å². The normalized spacial score (nSPS) is 11.6. The number of amides is 4. The fourth-order valence-corrected chi connectivity index (χ4v) is 7.57. The number of imide groups is 2. The molecule has 0 fully saturated rings. The second-order valence-corrected chi connectivity index (χ2v) is 17.9. The van der Waals surface area contributed by atoms with E-state index in [-0.39, 0.29) is 34.9 Å². The van der Waals surface area contributed by atoms with E-state index >= 15 is 0 Å². The van der Waals surface area contributed by atoms with Gasteiger partial charge in [0.1, 0.15) is 17.5 Å². The van der Waals surface area contributed by atoms with Crippen molar-refractivity contribution in [3.05, 3.63) is 259 Å². The van der Waals surface area contributed by atoms with Crippen LogP contribution in [0.5, 0.6) is 0 Å². The molecule has 23 heteroatoms.